The number of amides is 1. The lowest BCUT2D eigenvalue weighted by Crippen LogP contribution is -2.55. The smallest absolute Gasteiger partial charge is 0.272 e. The van der Waals surface area contributed by atoms with Crippen molar-refractivity contribution in [3.8, 4) is 0 Å². The maximum atomic E-state index is 13.4. The van der Waals surface area contributed by atoms with Crippen molar-refractivity contribution in [1.29, 1.82) is 0 Å². The van der Waals surface area contributed by atoms with E-state index in [1.165, 1.54) is 18.0 Å². The van der Waals surface area contributed by atoms with Gasteiger partial charge < -0.3 is 14.6 Å². The molecule has 0 radical (unpaired) electrons. The van der Waals surface area contributed by atoms with Crippen LogP contribution in [0, 0.1) is 18.6 Å². The number of aromatic nitrogens is 1. The SMILES string of the molecule is Cc1c(SNC2(C)COC2)c2n(c1C(=O)Nc1ccc(F)c(F)c1)CC=C2. The van der Waals surface area contributed by atoms with E-state index < -0.39 is 11.6 Å². The van der Waals surface area contributed by atoms with E-state index in [0.29, 0.717) is 25.5 Å². The Hall–Kier alpha value is -2.16. The predicted octanol–water partition coefficient (Wildman–Crippen LogP) is 3.74. The number of carbonyl (C=O) groups excluding carboxylic acids is 1. The fourth-order valence-electron chi connectivity index (χ4n) is 3.20. The Kier molecular flexibility index (Phi) is 4.57. The van der Waals surface area contributed by atoms with Crippen LogP contribution in [0.2, 0.25) is 0 Å². The summed E-state index contributed by atoms with van der Waals surface area (Å²) in [5.41, 5.74) is 2.45. The molecule has 2 N–H and O–H groups in total. The highest BCUT2D eigenvalue weighted by molar-refractivity contribution is 7.97. The highest BCUT2D eigenvalue weighted by Crippen LogP contribution is 2.36. The second-order valence-corrected chi connectivity index (χ2v) is 7.86. The van der Waals surface area contributed by atoms with Crippen molar-refractivity contribution in [2.24, 2.45) is 0 Å². The van der Waals surface area contributed by atoms with Crippen LogP contribution in [0.3, 0.4) is 0 Å². The molecule has 8 heteroatoms. The average molecular weight is 391 g/mol. The number of ether oxygens (including phenoxy) is 1. The van der Waals surface area contributed by atoms with Crippen LogP contribution in [0.5, 0.6) is 0 Å². The molecule has 1 aromatic heterocycles. The van der Waals surface area contributed by atoms with E-state index in [0.717, 1.165) is 28.3 Å². The summed E-state index contributed by atoms with van der Waals surface area (Å²) >= 11 is 1.49. The Morgan fingerprint density at radius 2 is 2.07 bits per heavy atom. The quantitative estimate of drug-likeness (QED) is 0.763. The van der Waals surface area contributed by atoms with E-state index in [-0.39, 0.29) is 17.1 Å². The van der Waals surface area contributed by atoms with Gasteiger partial charge in [-0.3, -0.25) is 4.79 Å². The third kappa shape index (κ3) is 3.28. The Morgan fingerprint density at radius 1 is 1.30 bits per heavy atom. The minimum atomic E-state index is -0.997. The van der Waals surface area contributed by atoms with Gasteiger partial charge in [0.05, 0.1) is 29.3 Å². The van der Waals surface area contributed by atoms with Crippen molar-refractivity contribution in [3.05, 3.63) is 52.9 Å². The van der Waals surface area contributed by atoms with E-state index in [4.69, 9.17) is 4.74 Å². The van der Waals surface area contributed by atoms with Gasteiger partial charge in [0.1, 0.15) is 5.69 Å². The van der Waals surface area contributed by atoms with Gasteiger partial charge in [-0.25, -0.2) is 13.5 Å². The molecule has 0 aliphatic carbocycles. The molecule has 0 spiro atoms. The molecule has 2 aliphatic rings. The molecule has 5 nitrogen and oxygen atoms in total. The minimum absolute atomic E-state index is 0.0810. The number of carbonyl (C=O) groups is 1. The van der Waals surface area contributed by atoms with Gasteiger partial charge in [-0.05, 0) is 49.6 Å². The van der Waals surface area contributed by atoms with E-state index in [1.54, 1.807) is 0 Å². The summed E-state index contributed by atoms with van der Waals surface area (Å²) < 4.78 is 37.1. The van der Waals surface area contributed by atoms with Crippen LogP contribution in [-0.2, 0) is 11.3 Å². The molecule has 27 heavy (non-hydrogen) atoms. The summed E-state index contributed by atoms with van der Waals surface area (Å²) in [5, 5.41) is 2.66. The molecule has 142 valence electrons. The molecule has 0 atom stereocenters. The largest absolute Gasteiger partial charge is 0.377 e. The molecule has 0 bridgehead atoms. The fraction of sp³-hybridized carbons (Fsp3) is 0.316. The van der Waals surface area contributed by atoms with Gasteiger partial charge in [0.15, 0.2) is 11.6 Å². The van der Waals surface area contributed by atoms with Crippen molar-refractivity contribution in [1.82, 2.24) is 9.29 Å². The monoisotopic (exact) mass is 391 g/mol. The molecule has 2 aromatic rings. The zero-order valence-electron chi connectivity index (χ0n) is 14.9. The minimum Gasteiger partial charge on any atom is -0.377 e. The van der Waals surface area contributed by atoms with Crippen molar-refractivity contribution in [3.63, 3.8) is 0 Å². The lowest BCUT2D eigenvalue weighted by Gasteiger charge is -2.38. The maximum absolute atomic E-state index is 13.4. The summed E-state index contributed by atoms with van der Waals surface area (Å²) in [4.78, 5) is 13.8. The van der Waals surface area contributed by atoms with E-state index >= 15 is 0 Å². The molecule has 0 saturated carbocycles. The molecule has 0 unspecified atom stereocenters. The highest BCUT2D eigenvalue weighted by atomic mass is 32.2. The average Bonchev–Trinajstić information content (AvgIpc) is 3.15. The molecule has 1 saturated heterocycles. The Balaban J connectivity index is 1.60. The molecular formula is C19H19F2N3O2S. The third-order valence-electron chi connectivity index (χ3n) is 4.69. The van der Waals surface area contributed by atoms with E-state index in [2.05, 4.69) is 17.0 Å². The Labute approximate surface area is 159 Å². The highest BCUT2D eigenvalue weighted by Gasteiger charge is 2.34. The Morgan fingerprint density at radius 3 is 2.74 bits per heavy atom. The summed E-state index contributed by atoms with van der Waals surface area (Å²) in [7, 11) is 0. The number of nitrogens with one attached hydrogen (secondary N) is 2. The first-order chi connectivity index (χ1) is 12.9. The lowest BCUT2D eigenvalue weighted by molar-refractivity contribution is -0.0510. The van der Waals surface area contributed by atoms with Gasteiger partial charge in [0, 0.05) is 18.3 Å². The number of benzene rings is 1. The number of nitrogens with zero attached hydrogens (tertiary/aromatic N) is 1. The first-order valence-corrected chi connectivity index (χ1v) is 9.37. The fourth-order valence-corrected chi connectivity index (χ4v) is 4.20. The number of rotatable bonds is 5. The lowest BCUT2D eigenvalue weighted by atomic mass is 10.0. The van der Waals surface area contributed by atoms with Crippen molar-refractivity contribution < 1.29 is 18.3 Å². The van der Waals surface area contributed by atoms with Gasteiger partial charge in [0.2, 0.25) is 0 Å². The third-order valence-corrected chi connectivity index (χ3v) is 6.00. The van der Waals surface area contributed by atoms with Gasteiger partial charge >= 0.3 is 0 Å². The van der Waals surface area contributed by atoms with Gasteiger partial charge in [-0.15, -0.1) is 0 Å². The zero-order valence-corrected chi connectivity index (χ0v) is 15.8. The molecule has 4 rings (SSSR count). The summed E-state index contributed by atoms with van der Waals surface area (Å²) in [6.07, 6.45) is 3.98. The number of allylic oxidation sites excluding steroid dienone is 1. The van der Waals surface area contributed by atoms with Crippen molar-refractivity contribution >= 4 is 29.6 Å². The van der Waals surface area contributed by atoms with Crippen molar-refractivity contribution in [2.75, 3.05) is 18.5 Å². The van der Waals surface area contributed by atoms with Crippen molar-refractivity contribution in [2.45, 2.75) is 30.8 Å². The zero-order chi connectivity index (χ0) is 19.2. The number of hydrogen-bond donors (Lipinski definition) is 2. The van der Waals surface area contributed by atoms with Crippen LogP contribution in [0.25, 0.3) is 6.08 Å². The van der Waals surface area contributed by atoms with Crippen LogP contribution >= 0.6 is 11.9 Å². The van der Waals surface area contributed by atoms with Crippen LogP contribution in [0.4, 0.5) is 14.5 Å². The van der Waals surface area contributed by atoms with E-state index in [1.807, 2.05) is 23.6 Å². The van der Waals surface area contributed by atoms with Gasteiger partial charge in [-0.1, -0.05) is 6.08 Å². The molecule has 1 amide bonds. The van der Waals surface area contributed by atoms with Crippen LogP contribution in [0.1, 0.15) is 28.7 Å². The summed E-state index contributed by atoms with van der Waals surface area (Å²) in [5.74, 6) is -2.30. The number of hydrogen-bond acceptors (Lipinski definition) is 4. The van der Waals surface area contributed by atoms with Gasteiger partial charge in [0.25, 0.3) is 5.91 Å². The second-order valence-electron chi connectivity index (χ2n) is 7.04. The molecular weight excluding hydrogens is 372 g/mol. The first-order valence-electron chi connectivity index (χ1n) is 8.56. The standard InChI is InChI=1S/C19H19F2N3O2S/c1-11-16(18(25)22-12-5-6-13(20)14(21)8-12)24-7-3-4-15(24)17(11)27-23-19(2)9-26-10-19/h3-6,8,23H,7,9-10H2,1-2H3,(H,22,25). The van der Waals surface area contributed by atoms with Crippen LogP contribution < -0.4 is 10.0 Å². The van der Waals surface area contributed by atoms with E-state index in [9.17, 15) is 13.6 Å². The predicted molar refractivity (Wildman–Crippen MR) is 101 cm³/mol. The molecule has 3 heterocycles. The van der Waals surface area contributed by atoms with Crippen LogP contribution in [-0.4, -0.2) is 29.2 Å². The van der Waals surface area contributed by atoms with Gasteiger partial charge in [-0.2, -0.15) is 0 Å². The molecule has 1 aromatic carbocycles. The molecule has 1 fully saturated rings. The number of anilines is 1. The summed E-state index contributed by atoms with van der Waals surface area (Å²) in [6, 6.07) is 3.31. The number of fused-ring (bicyclic) bond motifs is 1. The normalized spacial score (nSPS) is 16.9. The topological polar surface area (TPSA) is 55.3 Å². The molecule has 2 aliphatic heterocycles. The van der Waals surface area contributed by atoms with Crippen LogP contribution in [0.15, 0.2) is 29.2 Å². The summed E-state index contributed by atoms with van der Waals surface area (Å²) in [6.45, 7) is 5.87. The second kappa shape index (κ2) is 6.78. The number of halogens is 2. The first kappa shape index (κ1) is 18.2. The maximum Gasteiger partial charge on any atom is 0.272 e. The Bertz CT molecular complexity index is 951.